The highest BCUT2D eigenvalue weighted by atomic mass is 16.6. The minimum Gasteiger partial charge on any atom is -0.462 e. The monoisotopic (exact) mass is 460 g/mol. The van der Waals surface area contributed by atoms with Crippen molar-refractivity contribution < 1.29 is 24.2 Å². The molecule has 33 heavy (non-hydrogen) atoms. The Hall–Kier alpha value is -1.36. The number of carbonyl (C=O) groups is 2. The Morgan fingerprint density at radius 3 is 2.30 bits per heavy atom. The molecule has 0 spiro atoms. The maximum absolute atomic E-state index is 12.1. The Kier molecular flexibility index (Phi) is 5.87. The van der Waals surface area contributed by atoms with Crippen LogP contribution < -0.4 is 0 Å². The highest BCUT2D eigenvalue weighted by Crippen LogP contribution is 2.73. The van der Waals surface area contributed by atoms with Crippen molar-refractivity contribution in [2.24, 2.45) is 39.4 Å². The molecule has 4 rings (SSSR count). The molecule has 4 aliphatic carbocycles. The zero-order valence-electron chi connectivity index (χ0n) is 21.9. The van der Waals surface area contributed by atoms with Gasteiger partial charge in [0.15, 0.2) is 0 Å². The van der Waals surface area contributed by atoms with Crippen molar-refractivity contribution in [3.8, 4) is 0 Å². The molecule has 9 atom stereocenters. The summed E-state index contributed by atoms with van der Waals surface area (Å²) in [5.74, 6) is 0.284. The summed E-state index contributed by atoms with van der Waals surface area (Å²) >= 11 is 0. The number of aliphatic hydroxyl groups excluding tert-OH is 1. The summed E-state index contributed by atoms with van der Waals surface area (Å²) in [5, 5.41) is 10.8. The molecule has 5 nitrogen and oxygen atoms in total. The standard InChI is InChI=1S/C28H44O5/c1-16(32-17(2)29)24-21(33-18(3)30)15-28(8)20-9-10-22-25(4,5)23(31)12-13-26(22,6)19(20)11-14-27(24,28)7/h11,16,20-24,31H,9-10,12-15H2,1-8H3/t16-,20?,21-,22?,23?,24-,26?,27?,28-/m0/s1. The van der Waals surface area contributed by atoms with Crippen molar-refractivity contribution in [1.29, 1.82) is 0 Å². The van der Waals surface area contributed by atoms with Crippen LogP contribution in [0.1, 0.15) is 93.9 Å². The lowest BCUT2D eigenvalue weighted by molar-refractivity contribution is -0.161. The summed E-state index contributed by atoms with van der Waals surface area (Å²) in [7, 11) is 0. The van der Waals surface area contributed by atoms with Gasteiger partial charge in [0.1, 0.15) is 12.2 Å². The fraction of sp³-hybridized carbons (Fsp3) is 0.857. The Morgan fingerprint density at radius 2 is 1.70 bits per heavy atom. The molecular formula is C28H44O5. The lowest BCUT2D eigenvalue weighted by atomic mass is 9.41. The van der Waals surface area contributed by atoms with Crippen molar-refractivity contribution in [1.82, 2.24) is 0 Å². The van der Waals surface area contributed by atoms with Gasteiger partial charge in [-0.05, 0) is 78.9 Å². The fourth-order valence-corrected chi connectivity index (χ4v) is 9.28. The van der Waals surface area contributed by atoms with Crippen LogP contribution in [0.15, 0.2) is 11.6 Å². The van der Waals surface area contributed by atoms with Crippen LogP contribution >= 0.6 is 0 Å². The molecule has 186 valence electrons. The predicted molar refractivity (Wildman–Crippen MR) is 127 cm³/mol. The SMILES string of the molecule is CC(=O)O[C@@H](C)[C@H]1[C@@H](OC(C)=O)C[C@@]2(C)C3CCC4C(C)(CCC(O)C4(C)C)C3=CCC12C. The van der Waals surface area contributed by atoms with Crippen LogP contribution in [-0.4, -0.2) is 35.4 Å². The minimum atomic E-state index is -0.315. The first kappa shape index (κ1) is 24.8. The number of allylic oxidation sites excluding steroid dienone is 2. The average molecular weight is 461 g/mol. The van der Waals surface area contributed by atoms with Crippen LogP contribution in [0, 0.1) is 39.4 Å². The Bertz CT molecular complexity index is 860. The molecule has 3 saturated carbocycles. The van der Waals surface area contributed by atoms with E-state index in [1.54, 1.807) is 5.57 Å². The maximum atomic E-state index is 12.1. The Balaban J connectivity index is 1.76. The molecule has 5 heteroatoms. The van der Waals surface area contributed by atoms with E-state index in [9.17, 15) is 14.7 Å². The van der Waals surface area contributed by atoms with Gasteiger partial charge in [-0.15, -0.1) is 0 Å². The number of ether oxygens (including phenoxy) is 2. The largest absolute Gasteiger partial charge is 0.462 e. The van der Waals surface area contributed by atoms with Crippen LogP contribution in [0.5, 0.6) is 0 Å². The zero-order chi connectivity index (χ0) is 24.6. The molecule has 4 aliphatic rings. The molecule has 0 heterocycles. The first-order chi connectivity index (χ1) is 15.2. The minimum absolute atomic E-state index is 0.0387. The summed E-state index contributed by atoms with van der Waals surface area (Å²) in [6.45, 7) is 16.6. The van der Waals surface area contributed by atoms with Gasteiger partial charge in [0.2, 0.25) is 0 Å². The van der Waals surface area contributed by atoms with E-state index < -0.39 is 0 Å². The van der Waals surface area contributed by atoms with Gasteiger partial charge in [0.25, 0.3) is 0 Å². The third-order valence-corrected chi connectivity index (χ3v) is 11.0. The Morgan fingerprint density at radius 1 is 1.03 bits per heavy atom. The highest BCUT2D eigenvalue weighted by Gasteiger charge is 2.68. The summed E-state index contributed by atoms with van der Waals surface area (Å²) in [6, 6.07) is 0. The predicted octanol–water partition coefficient (Wildman–Crippen LogP) is 5.45. The molecule has 0 aromatic heterocycles. The lowest BCUT2D eigenvalue weighted by Gasteiger charge is -2.64. The molecule has 0 aromatic rings. The fourth-order valence-electron chi connectivity index (χ4n) is 9.28. The maximum Gasteiger partial charge on any atom is 0.302 e. The number of rotatable bonds is 3. The van der Waals surface area contributed by atoms with Crippen molar-refractivity contribution >= 4 is 11.9 Å². The second kappa shape index (κ2) is 7.83. The van der Waals surface area contributed by atoms with E-state index in [2.05, 4.69) is 40.7 Å². The van der Waals surface area contributed by atoms with Gasteiger partial charge in [-0.25, -0.2) is 0 Å². The molecule has 0 bridgehead atoms. The van der Waals surface area contributed by atoms with Crippen LogP contribution in [-0.2, 0) is 19.1 Å². The molecule has 0 amide bonds. The van der Waals surface area contributed by atoms with Crippen LogP contribution in [0.25, 0.3) is 0 Å². The number of aliphatic hydroxyl groups is 1. The summed E-state index contributed by atoms with van der Waals surface area (Å²) in [4.78, 5) is 23.9. The lowest BCUT2D eigenvalue weighted by Crippen LogP contribution is -2.58. The van der Waals surface area contributed by atoms with E-state index in [0.29, 0.717) is 11.8 Å². The Labute approximate surface area is 199 Å². The van der Waals surface area contributed by atoms with E-state index in [1.165, 1.54) is 13.8 Å². The zero-order valence-corrected chi connectivity index (χ0v) is 21.9. The van der Waals surface area contributed by atoms with E-state index in [1.807, 2.05) is 6.92 Å². The first-order valence-electron chi connectivity index (χ1n) is 12.9. The molecule has 1 N–H and O–H groups in total. The third kappa shape index (κ3) is 3.43. The smallest absolute Gasteiger partial charge is 0.302 e. The van der Waals surface area contributed by atoms with Crippen LogP contribution in [0.3, 0.4) is 0 Å². The molecule has 0 aromatic carbocycles. The normalized spacial score (nSPS) is 46.8. The second-order valence-electron chi connectivity index (χ2n) is 12.9. The number of esters is 2. The van der Waals surface area contributed by atoms with Crippen molar-refractivity contribution in [3.05, 3.63) is 11.6 Å². The first-order valence-corrected chi connectivity index (χ1v) is 12.9. The van der Waals surface area contributed by atoms with Crippen LogP contribution in [0.2, 0.25) is 0 Å². The average Bonchev–Trinajstić information content (AvgIpc) is 2.91. The molecule has 5 unspecified atom stereocenters. The van der Waals surface area contributed by atoms with Gasteiger partial charge in [-0.1, -0.05) is 46.3 Å². The van der Waals surface area contributed by atoms with E-state index in [4.69, 9.17) is 9.47 Å². The quantitative estimate of drug-likeness (QED) is 0.448. The van der Waals surface area contributed by atoms with Gasteiger partial charge >= 0.3 is 11.9 Å². The van der Waals surface area contributed by atoms with Crippen molar-refractivity contribution in [2.45, 2.75) is 112 Å². The molecule has 0 radical (unpaired) electrons. The topological polar surface area (TPSA) is 72.8 Å². The van der Waals surface area contributed by atoms with Gasteiger partial charge < -0.3 is 14.6 Å². The molecule has 3 fully saturated rings. The van der Waals surface area contributed by atoms with E-state index >= 15 is 0 Å². The number of hydrogen-bond donors (Lipinski definition) is 1. The highest BCUT2D eigenvalue weighted by molar-refractivity contribution is 5.67. The molecule has 0 aliphatic heterocycles. The van der Waals surface area contributed by atoms with E-state index in [0.717, 1.165) is 38.5 Å². The molecular weight excluding hydrogens is 416 g/mol. The van der Waals surface area contributed by atoms with Crippen molar-refractivity contribution in [3.63, 3.8) is 0 Å². The third-order valence-electron chi connectivity index (χ3n) is 11.0. The van der Waals surface area contributed by atoms with Crippen molar-refractivity contribution in [2.75, 3.05) is 0 Å². The van der Waals surface area contributed by atoms with Crippen LogP contribution in [0.4, 0.5) is 0 Å². The molecule has 0 saturated heterocycles. The number of fused-ring (bicyclic) bond motifs is 5. The van der Waals surface area contributed by atoms with Gasteiger partial charge in [0, 0.05) is 19.8 Å². The van der Waals surface area contributed by atoms with Gasteiger partial charge in [-0.2, -0.15) is 0 Å². The van der Waals surface area contributed by atoms with Gasteiger partial charge in [0.05, 0.1) is 6.10 Å². The summed E-state index contributed by atoms with van der Waals surface area (Å²) < 4.78 is 11.6. The van der Waals surface area contributed by atoms with E-state index in [-0.39, 0.29) is 57.8 Å². The number of hydrogen-bond acceptors (Lipinski definition) is 5. The second-order valence-corrected chi connectivity index (χ2v) is 12.9. The summed E-state index contributed by atoms with van der Waals surface area (Å²) in [5.41, 5.74) is 1.38. The number of carbonyl (C=O) groups excluding carboxylic acids is 2. The van der Waals surface area contributed by atoms with Gasteiger partial charge in [-0.3, -0.25) is 9.59 Å². The summed E-state index contributed by atoms with van der Waals surface area (Å²) in [6.07, 6.45) is 7.45.